The number of nitrogens with zero attached hydrogens (tertiary/aromatic N) is 2. The Balaban J connectivity index is 1.71. The largest absolute Gasteiger partial charge is 0.310 e. The second-order valence-corrected chi connectivity index (χ2v) is 5.01. The maximum Gasteiger partial charge on any atom is 0.0534 e. The normalized spacial score (nSPS) is 12.5. The predicted octanol–water partition coefficient (Wildman–Crippen LogP) is 3.01. The van der Waals surface area contributed by atoms with E-state index in [9.17, 15) is 0 Å². The van der Waals surface area contributed by atoms with E-state index in [4.69, 9.17) is 0 Å². The summed E-state index contributed by atoms with van der Waals surface area (Å²) in [5, 5.41) is 7.84. The van der Waals surface area contributed by atoms with Crippen LogP contribution in [0.5, 0.6) is 0 Å². The van der Waals surface area contributed by atoms with Gasteiger partial charge in [-0.25, -0.2) is 0 Å². The van der Waals surface area contributed by atoms with Crippen molar-refractivity contribution in [3.05, 3.63) is 53.9 Å². The van der Waals surface area contributed by atoms with E-state index in [1.54, 1.807) is 0 Å². The molecule has 102 valence electrons. The monoisotopic (exact) mass is 257 g/mol. The van der Waals surface area contributed by atoms with Crippen LogP contribution >= 0.6 is 0 Å². The van der Waals surface area contributed by atoms with Crippen molar-refractivity contribution in [3.63, 3.8) is 0 Å². The zero-order valence-corrected chi connectivity index (χ0v) is 11.8. The third-order valence-corrected chi connectivity index (χ3v) is 3.37. The zero-order chi connectivity index (χ0) is 13.5. The summed E-state index contributed by atoms with van der Waals surface area (Å²) in [7, 11) is 0. The minimum atomic E-state index is 0.519. The van der Waals surface area contributed by atoms with Gasteiger partial charge in [0, 0.05) is 30.9 Å². The lowest BCUT2D eigenvalue weighted by Crippen LogP contribution is -2.25. The molecule has 2 aromatic rings. The Morgan fingerprint density at radius 3 is 2.68 bits per heavy atom. The van der Waals surface area contributed by atoms with Gasteiger partial charge < -0.3 is 5.32 Å². The first-order chi connectivity index (χ1) is 9.28. The maximum atomic E-state index is 4.28. The third-order valence-electron chi connectivity index (χ3n) is 3.37. The van der Waals surface area contributed by atoms with Gasteiger partial charge in [-0.2, -0.15) is 5.10 Å². The lowest BCUT2D eigenvalue weighted by molar-refractivity contribution is 0.514. The van der Waals surface area contributed by atoms with Gasteiger partial charge in [-0.1, -0.05) is 30.3 Å². The molecule has 1 atom stereocenters. The molecule has 0 aliphatic rings. The highest BCUT2D eigenvalue weighted by Crippen LogP contribution is 2.05. The Kier molecular flexibility index (Phi) is 5.16. The zero-order valence-electron chi connectivity index (χ0n) is 11.8. The first-order valence-corrected chi connectivity index (χ1v) is 7.06. The van der Waals surface area contributed by atoms with Crippen molar-refractivity contribution in [2.75, 3.05) is 0 Å². The van der Waals surface area contributed by atoms with Gasteiger partial charge in [-0.3, -0.25) is 4.68 Å². The van der Waals surface area contributed by atoms with E-state index >= 15 is 0 Å². The van der Waals surface area contributed by atoms with Crippen LogP contribution in [0.15, 0.2) is 42.7 Å². The smallest absolute Gasteiger partial charge is 0.0534 e. The molecule has 19 heavy (non-hydrogen) atoms. The van der Waals surface area contributed by atoms with Crippen LogP contribution in [0.3, 0.4) is 0 Å². The lowest BCUT2D eigenvalue weighted by atomic mass is 10.1. The molecule has 2 rings (SSSR count). The molecule has 3 nitrogen and oxygen atoms in total. The summed E-state index contributed by atoms with van der Waals surface area (Å²) >= 11 is 0. The predicted molar refractivity (Wildman–Crippen MR) is 79.0 cm³/mol. The van der Waals surface area contributed by atoms with Crippen molar-refractivity contribution in [2.45, 2.75) is 45.8 Å². The van der Waals surface area contributed by atoms with E-state index in [-0.39, 0.29) is 0 Å². The number of rotatable bonds is 7. The molecule has 3 heteroatoms. The van der Waals surface area contributed by atoms with Crippen LogP contribution in [-0.4, -0.2) is 15.8 Å². The molecule has 0 aliphatic heterocycles. The molecule has 1 aromatic heterocycles. The number of nitrogens with one attached hydrogen (secondary N) is 1. The average molecular weight is 257 g/mol. The molecule has 1 N–H and O–H groups in total. The van der Waals surface area contributed by atoms with Crippen molar-refractivity contribution in [2.24, 2.45) is 0 Å². The summed E-state index contributed by atoms with van der Waals surface area (Å²) in [4.78, 5) is 0. The minimum Gasteiger partial charge on any atom is -0.310 e. The number of hydrogen-bond donors (Lipinski definition) is 1. The van der Waals surface area contributed by atoms with E-state index in [1.165, 1.54) is 11.1 Å². The molecule has 0 fully saturated rings. The summed E-state index contributed by atoms with van der Waals surface area (Å²) < 4.78 is 1.96. The fourth-order valence-corrected chi connectivity index (χ4v) is 2.09. The molecule has 1 unspecified atom stereocenters. The Bertz CT molecular complexity index is 476. The van der Waals surface area contributed by atoms with Crippen molar-refractivity contribution >= 4 is 0 Å². The van der Waals surface area contributed by atoms with Crippen LogP contribution in [0, 0.1) is 0 Å². The topological polar surface area (TPSA) is 29.9 Å². The third kappa shape index (κ3) is 4.52. The van der Waals surface area contributed by atoms with E-state index < -0.39 is 0 Å². The molecule has 0 bridgehead atoms. The minimum absolute atomic E-state index is 0.519. The number of aromatic nitrogens is 2. The van der Waals surface area contributed by atoms with Gasteiger partial charge in [0.15, 0.2) is 0 Å². The van der Waals surface area contributed by atoms with Crippen LogP contribution in [0.25, 0.3) is 0 Å². The van der Waals surface area contributed by atoms with Crippen molar-refractivity contribution in [1.82, 2.24) is 15.1 Å². The lowest BCUT2D eigenvalue weighted by Gasteiger charge is -2.12. The fraction of sp³-hybridized carbons (Fsp3) is 0.438. The molecule has 0 aliphatic carbocycles. The molecule has 0 spiro atoms. The second kappa shape index (κ2) is 7.10. The van der Waals surface area contributed by atoms with Crippen molar-refractivity contribution in [1.29, 1.82) is 0 Å². The average Bonchev–Trinajstić information content (AvgIpc) is 2.92. The summed E-state index contributed by atoms with van der Waals surface area (Å²) in [5.74, 6) is 0. The molecular weight excluding hydrogens is 234 g/mol. The van der Waals surface area contributed by atoms with E-state index in [0.717, 1.165) is 25.9 Å². The van der Waals surface area contributed by atoms with E-state index in [1.807, 2.05) is 10.9 Å². The standard InChI is InChI=1S/C16H23N3/c1-3-19-13-16(12-18-19)11-17-14(2)9-10-15-7-5-4-6-8-15/h4-8,12-14,17H,3,9-11H2,1-2H3. The Labute approximate surface area is 115 Å². The molecule has 0 saturated heterocycles. The van der Waals surface area contributed by atoms with Gasteiger partial charge in [0.05, 0.1) is 6.20 Å². The van der Waals surface area contributed by atoms with Crippen LogP contribution < -0.4 is 5.32 Å². The summed E-state index contributed by atoms with van der Waals surface area (Å²) in [6.07, 6.45) is 6.34. The fourth-order valence-electron chi connectivity index (χ4n) is 2.09. The summed E-state index contributed by atoms with van der Waals surface area (Å²) in [6, 6.07) is 11.2. The Hall–Kier alpha value is -1.61. The first-order valence-electron chi connectivity index (χ1n) is 7.06. The first kappa shape index (κ1) is 13.8. The SMILES string of the molecule is CCn1cc(CNC(C)CCc2ccccc2)cn1. The van der Waals surface area contributed by atoms with E-state index in [0.29, 0.717) is 6.04 Å². The molecular formula is C16H23N3. The summed E-state index contributed by atoms with van der Waals surface area (Å²) in [6.45, 7) is 6.18. The molecule has 0 radical (unpaired) electrons. The van der Waals surface area contributed by atoms with Gasteiger partial charge in [0.1, 0.15) is 0 Å². The number of hydrogen-bond acceptors (Lipinski definition) is 2. The maximum absolute atomic E-state index is 4.28. The highest BCUT2D eigenvalue weighted by molar-refractivity contribution is 5.14. The Morgan fingerprint density at radius 2 is 2.00 bits per heavy atom. The van der Waals surface area contributed by atoms with Gasteiger partial charge in [-0.15, -0.1) is 0 Å². The van der Waals surface area contributed by atoms with Crippen LogP contribution in [0.1, 0.15) is 31.4 Å². The van der Waals surface area contributed by atoms with Crippen molar-refractivity contribution < 1.29 is 0 Å². The van der Waals surface area contributed by atoms with Gasteiger partial charge in [0.25, 0.3) is 0 Å². The quantitative estimate of drug-likeness (QED) is 0.826. The van der Waals surface area contributed by atoms with Gasteiger partial charge in [0.2, 0.25) is 0 Å². The number of aryl methyl sites for hydroxylation is 2. The highest BCUT2D eigenvalue weighted by Gasteiger charge is 2.03. The number of benzene rings is 1. The molecule has 0 amide bonds. The van der Waals surface area contributed by atoms with Crippen LogP contribution in [0.2, 0.25) is 0 Å². The van der Waals surface area contributed by atoms with E-state index in [2.05, 4.69) is 60.8 Å². The van der Waals surface area contributed by atoms with Crippen LogP contribution in [0.4, 0.5) is 0 Å². The van der Waals surface area contributed by atoms with Gasteiger partial charge in [-0.05, 0) is 32.3 Å². The van der Waals surface area contributed by atoms with Crippen LogP contribution in [-0.2, 0) is 19.5 Å². The Morgan fingerprint density at radius 1 is 1.21 bits per heavy atom. The highest BCUT2D eigenvalue weighted by atomic mass is 15.3. The molecule has 0 saturated carbocycles. The second-order valence-electron chi connectivity index (χ2n) is 5.01. The van der Waals surface area contributed by atoms with Gasteiger partial charge >= 0.3 is 0 Å². The van der Waals surface area contributed by atoms with Crippen molar-refractivity contribution in [3.8, 4) is 0 Å². The summed E-state index contributed by atoms with van der Waals surface area (Å²) in [5.41, 5.74) is 2.67. The molecule has 1 heterocycles. The molecule has 1 aromatic carbocycles.